The summed E-state index contributed by atoms with van der Waals surface area (Å²) in [5.74, 6) is 1.02. The van der Waals surface area contributed by atoms with E-state index in [2.05, 4.69) is 62.4 Å². The minimum absolute atomic E-state index is 0.0254. The predicted octanol–water partition coefficient (Wildman–Crippen LogP) is 5.86. The lowest BCUT2D eigenvalue weighted by atomic mass is 10.00. The third kappa shape index (κ3) is 5.05. The van der Waals surface area contributed by atoms with Crippen LogP contribution in [0.4, 0.5) is 5.69 Å². The molecule has 3 atom stereocenters. The number of anilines is 1. The summed E-state index contributed by atoms with van der Waals surface area (Å²) < 4.78 is 0. The molecule has 1 aliphatic carbocycles. The minimum Gasteiger partial charge on any atom is -0.326 e. The van der Waals surface area contributed by atoms with Crippen LogP contribution in [0.15, 0.2) is 84.9 Å². The zero-order valence-corrected chi connectivity index (χ0v) is 18.4. The molecule has 1 saturated carbocycles. The van der Waals surface area contributed by atoms with Crippen molar-refractivity contribution in [1.29, 1.82) is 0 Å². The Kier molecular flexibility index (Phi) is 6.53. The molecule has 0 aromatic heterocycles. The number of benzene rings is 3. The number of amides is 1. The lowest BCUT2D eigenvalue weighted by Crippen LogP contribution is -2.43. The monoisotopic (exact) mass is 412 g/mol. The molecule has 4 rings (SSSR count). The predicted molar refractivity (Wildman–Crippen MR) is 129 cm³/mol. The first-order valence-electron chi connectivity index (χ1n) is 11.3. The van der Waals surface area contributed by atoms with Gasteiger partial charge in [0.2, 0.25) is 5.91 Å². The van der Waals surface area contributed by atoms with Crippen molar-refractivity contribution < 1.29 is 4.79 Å². The second-order valence-electron chi connectivity index (χ2n) is 9.08. The molecule has 3 aromatic carbocycles. The van der Waals surface area contributed by atoms with Crippen LogP contribution in [0.3, 0.4) is 0 Å². The zero-order valence-electron chi connectivity index (χ0n) is 18.4. The molecule has 0 radical (unpaired) electrons. The van der Waals surface area contributed by atoms with Crippen molar-refractivity contribution in [2.45, 2.75) is 38.6 Å². The summed E-state index contributed by atoms with van der Waals surface area (Å²) in [6.07, 6.45) is 1.80. The van der Waals surface area contributed by atoms with Crippen molar-refractivity contribution in [1.82, 2.24) is 0 Å². The molecular formula is C28H32N2O. The van der Waals surface area contributed by atoms with Gasteiger partial charge in [0.25, 0.3) is 0 Å². The molecule has 1 amide bonds. The maximum atomic E-state index is 13.8. The van der Waals surface area contributed by atoms with Gasteiger partial charge in [-0.15, -0.1) is 0 Å². The number of rotatable bonds is 8. The van der Waals surface area contributed by atoms with Gasteiger partial charge < -0.3 is 10.6 Å². The van der Waals surface area contributed by atoms with E-state index in [4.69, 9.17) is 5.73 Å². The van der Waals surface area contributed by atoms with Crippen LogP contribution in [0.2, 0.25) is 0 Å². The Balaban J connectivity index is 1.65. The van der Waals surface area contributed by atoms with Gasteiger partial charge in [0, 0.05) is 24.1 Å². The van der Waals surface area contributed by atoms with E-state index in [-0.39, 0.29) is 17.9 Å². The van der Waals surface area contributed by atoms with Crippen LogP contribution in [-0.2, 0) is 4.79 Å². The zero-order chi connectivity index (χ0) is 21.8. The van der Waals surface area contributed by atoms with Gasteiger partial charge in [0.15, 0.2) is 0 Å². The first-order chi connectivity index (χ1) is 15.0. The summed E-state index contributed by atoms with van der Waals surface area (Å²) >= 11 is 0. The lowest BCUT2D eigenvalue weighted by Gasteiger charge is -2.29. The fourth-order valence-electron chi connectivity index (χ4n) is 4.53. The molecular weight excluding hydrogens is 380 g/mol. The van der Waals surface area contributed by atoms with Gasteiger partial charge in [-0.2, -0.15) is 0 Å². The van der Waals surface area contributed by atoms with Crippen molar-refractivity contribution in [2.75, 3.05) is 11.4 Å². The molecule has 0 spiro atoms. The molecule has 0 bridgehead atoms. The summed E-state index contributed by atoms with van der Waals surface area (Å²) in [5, 5.41) is 0. The summed E-state index contributed by atoms with van der Waals surface area (Å²) in [5.41, 5.74) is 10.9. The Morgan fingerprint density at radius 2 is 1.55 bits per heavy atom. The number of para-hydroxylation sites is 1. The second kappa shape index (κ2) is 9.49. The van der Waals surface area contributed by atoms with E-state index in [0.717, 1.165) is 29.7 Å². The Bertz CT molecular complexity index is 1000. The first kappa shape index (κ1) is 21.3. The second-order valence-corrected chi connectivity index (χ2v) is 9.08. The van der Waals surface area contributed by atoms with Crippen molar-refractivity contribution >= 4 is 11.6 Å². The maximum Gasteiger partial charge on any atom is 0.230 e. The normalized spacial score (nSPS) is 18.6. The van der Waals surface area contributed by atoms with E-state index >= 15 is 0 Å². The highest BCUT2D eigenvalue weighted by atomic mass is 16.2. The van der Waals surface area contributed by atoms with Crippen LogP contribution in [-0.4, -0.2) is 18.5 Å². The molecule has 3 aromatic rings. The van der Waals surface area contributed by atoms with Crippen molar-refractivity contribution in [3.63, 3.8) is 0 Å². The van der Waals surface area contributed by atoms with Gasteiger partial charge in [-0.05, 0) is 41.9 Å². The topological polar surface area (TPSA) is 46.3 Å². The fraction of sp³-hybridized carbons (Fsp3) is 0.321. The molecule has 2 N–H and O–H groups in total. The van der Waals surface area contributed by atoms with Crippen LogP contribution < -0.4 is 10.6 Å². The largest absolute Gasteiger partial charge is 0.326 e. The van der Waals surface area contributed by atoms with E-state index in [1.807, 2.05) is 41.3 Å². The molecule has 0 heterocycles. The number of carbonyl (C=O) groups is 1. The summed E-state index contributed by atoms with van der Waals surface area (Å²) in [7, 11) is 0. The molecule has 31 heavy (non-hydrogen) atoms. The average molecular weight is 413 g/mol. The Morgan fingerprint density at radius 3 is 2.23 bits per heavy atom. The number of nitrogens with two attached hydrogens (primary N) is 1. The van der Waals surface area contributed by atoms with E-state index in [0.29, 0.717) is 18.4 Å². The van der Waals surface area contributed by atoms with Gasteiger partial charge in [0.05, 0.1) is 5.69 Å². The SMILES string of the molecule is CC(C)C[C@H](N)CN(C(=O)[C@@H]1C[C@H]1c1ccccc1)c1ccccc1-c1ccccc1. The van der Waals surface area contributed by atoms with Gasteiger partial charge >= 0.3 is 0 Å². The molecule has 0 aliphatic heterocycles. The van der Waals surface area contributed by atoms with E-state index in [1.165, 1.54) is 5.56 Å². The van der Waals surface area contributed by atoms with Crippen molar-refractivity contribution in [2.24, 2.45) is 17.6 Å². The minimum atomic E-state index is -0.0540. The molecule has 160 valence electrons. The molecule has 3 nitrogen and oxygen atoms in total. The Morgan fingerprint density at radius 1 is 0.935 bits per heavy atom. The number of nitrogens with zero attached hydrogens (tertiary/aromatic N) is 1. The summed E-state index contributed by atoms with van der Waals surface area (Å²) in [6.45, 7) is 4.89. The van der Waals surface area contributed by atoms with Gasteiger partial charge in [0.1, 0.15) is 0 Å². The third-order valence-electron chi connectivity index (χ3n) is 6.07. The highest BCUT2D eigenvalue weighted by Gasteiger charge is 2.46. The Hall–Kier alpha value is -2.91. The molecule has 0 saturated heterocycles. The Labute approximate surface area is 185 Å². The molecule has 1 fully saturated rings. The fourth-order valence-corrected chi connectivity index (χ4v) is 4.53. The van der Waals surface area contributed by atoms with E-state index < -0.39 is 0 Å². The van der Waals surface area contributed by atoms with E-state index in [9.17, 15) is 4.79 Å². The van der Waals surface area contributed by atoms with Crippen LogP contribution in [0, 0.1) is 11.8 Å². The van der Waals surface area contributed by atoms with Gasteiger partial charge in [-0.25, -0.2) is 0 Å². The lowest BCUT2D eigenvalue weighted by molar-refractivity contribution is -0.120. The van der Waals surface area contributed by atoms with Crippen molar-refractivity contribution in [3.05, 3.63) is 90.5 Å². The summed E-state index contributed by atoms with van der Waals surface area (Å²) in [6, 6.07) is 28.8. The molecule has 3 heteroatoms. The molecule has 1 aliphatic rings. The maximum absolute atomic E-state index is 13.8. The quantitative estimate of drug-likeness (QED) is 0.503. The third-order valence-corrected chi connectivity index (χ3v) is 6.07. The summed E-state index contributed by atoms with van der Waals surface area (Å²) in [4.78, 5) is 15.7. The number of hydrogen-bond acceptors (Lipinski definition) is 2. The van der Waals surface area contributed by atoms with Gasteiger partial charge in [-0.3, -0.25) is 4.79 Å². The van der Waals surface area contributed by atoms with Gasteiger partial charge in [-0.1, -0.05) is 92.7 Å². The van der Waals surface area contributed by atoms with Crippen LogP contribution in [0.1, 0.15) is 38.2 Å². The highest BCUT2D eigenvalue weighted by molar-refractivity contribution is 6.01. The standard InChI is InChI=1S/C28H32N2O/c1-20(2)17-23(29)19-30(28(31)26-18-25(26)22-13-7-4-8-14-22)27-16-10-9-15-24(27)21-11-5-3-6-12-21/h3-16,20,23,25-26H,17-19,29H2,1-2H3/t23-,25-,26+/m0/s1. The van der Waals surface area contributed by atoms with Crippen LogP contribution in [0.25, 0.3) is 11.1 Å². The molecule has 0 unspecified atom stereocenters. The van der Waals surface area contributed by atoms with Crippen LogP contribution in [0.5, 0.6) is 0 Å². The van der Waals surface area contributed by atoms with Crippen molar-refractivity contribution in [3.8, 4) is 11.1 Å². The first-order valence-corrected chi connectivity index (χ1v) is 11.3. The smallest absolute Gasteiger partial charge is 0.230 e. The van der Waals surface area contributed by atoms with Crippen LogP contribution >= 0.6 is 0 Å². The van der Waals surface area contributed by atoms with E-state index in [1.54, 1.807) is 0 Å². The number of carbonyl (C=O) groups excluding carboxylic acids is 1. The number of hydrogen-bond donors (Lipinski definition) is 1. The average Bonchev–Trinajstić information content (AvgIpc) is 3.59. The highest BCUT2D eigenvalue weighted by Crippen LogP contribution is 2.49.